The van der Waals surface area contributed by atoms with Crippen LogP contribution in [-0.2, 0) is 17.6 Å². The average molecular weight is 389 g/mol. The van der Waals surface area contributed by atoms with Gasteiger partial charge in [-0.15, -0.1) is 0 Å². The molecule has 1 atom stereocenters. The maximum Gasteiger partial charge on any atom is 0.343 e. The fraction of sp³-hybridized carbons (Fsp3) is 0.167. The topological polar surface area (TPSA) is 75.6 Å². The number of carbonyl (C=O) groups excluding carboxylic acids is 1. The highest BCUT2D eigenvalue weighted by atomic mass is 16.5. The number of carboxylic acid groups (broad SMARTS) is 1. The van der Waals surface area contributed by atoms with Crippen molar-refractivity contribution in [2.24, 2.45) is 0 Å². The SMILES string of the molecule is CCc1ccccc1NC(Cc1cccc(OC(=O)c2ccccc2)c1)C(=O)O. The maximum atomic E-state index is 12.2. The highest BCUT2D eigenvalue weighted by molar-refractivity contribution is 5.91. The van der Waals surface area contributed by atoms with Crippen molar-refractivity contribution in [3.05, 3.63) is 95.6 Å². The molecule has 0 radical (unpaired) electrons. The molecule has 0 aliphatic heterocycles. The summed E-state index contributed by atoms with van der Waals surface area (Å²) in [5, 5.41) is 12.8. The number of rotatable bonds is 8. The summed E-state index contributed by atoms with van der Waals surface area (Å²) in [5.74, 6) is -1.01. The van der Waals surface area contributed by atoms with E-state index in [4.69, 9.17) is 4.74 Å². The number of carbonyl (C=O) groups is 2. The molecule has 5 heteroatoms. The molecule has 0 fully saturated rings. The van der Waals surface area contributed by atoms with Crippen LogP contribution in [0.15, 0.2) is 78.9 Å². The van der Waals surface area contributed by atoms with E-state index < -0.39 is 18.0 Å². The number of anilines is 1. The fourth-order valence-electron chi connectivity index (χ4n) is 3.07. The third-order valence-electron chi connectivity index (χ3n) is 4.58. The molecule has 29 heavy (non-hydrogen) atoms. The van der Waals surface area contributed by atoms with Crippen LogP contribution >= 0.6 is 0 Å². The van der Waals surface area contributed by atoms with Gasteiger partial charge in [0.15, 0.2) is 0 Å². The molecule has 0 aromatic heterocycles. The van der Waals surface area contributed by atoms with Gasteiger partial charge < -0.3 is 15.2 Å². The Morgan fingerprint density at radius 3 is 2.41 bits per heavy atom. The van der Waals surface area contributed by atoms with E-state index in [2.05, 4.69) is 5.32 Å². The van der Waals surface area contributed by atoms with Crippen LogP contribution < -0.4 is 10.1 Å². The molecular formula is C24H23NO4. The highest BCUT2D eigenvalue weighted by Crippen LogP contribution is 2.20. The largest absolute Gasteiger partial charge is 0.480 e. The van der Waals surface area contributed by atoms with Crippen molar-refractivity contribution in [2.45, 2.75) is 25.8 Å². The van der Waals surface area contributed by atoms with Crippen molar-refractivity contribution < 1.29 is 19.4 Å². The first kappa shape index (κ1) is 20.1. The van der Waals surface area contributed by atoms with E-state index >= 15 is 0 Å². The Hall–Kier alpha value is -3.60. The van der Waals surface area contributed by atoms with Crippen molar-refractivity contribution in [3.63, 3.8) is 0 Å². The van der Waals surface area contributed by atoms with Crippen LogP contribution in [0, 0.1) is 0 Å². The van der Waals surface area contributed by atoms with Gasteiger partial charge in [-0.25, -0.2) is 9.59 Å². The van der Waals surface area contributed by atoms with Gasteiger partial charge in [0, 0.05) is 12.1 Å². The predicted octanol–water partition coefficient (Wildman–Crippen LogP) is 4.58. The Balaban J connectivity index is 1.73. The van der Waals surface area contributed by atoms with E-state index in [9.17, 15) is 14.7 Å². The van der Waals surface area contributed by atoms with Crippen LogP contribution in [0.1, 0.15) is 28.4 Å². The van der Waals surface area contributed by atoms with Crippen molar-refractivity contribution in [3.8, 4) is 5.75 Å². The molecule has 1 unspecified atom stereocenters. The first-order chi connectivity index (χ1) is 14.1. The molecular weight excluding hydrogens is 366 g/mol. The number of esters is 1. The molecule has 0 spiro atoms. The molecule has 3 aromatic carbocycles. The van der Waals surface area contributed by atoms with Crippen LogP contribution in [0.3, 0.4) is 0 Å². The molecule has 148 valence electrons. The van der Waals surface area contributed by atoms with Crippen LogP contribution in [0.2, 0.25) is 0 Å². The Morgan fingerprint density at radius 2 is 1.69 bits per heavy atom. The smallest absolute Gasteiger partial charge is 0.343 e. The predicted molar refractivity (Wildman–Crippen MR) is 112 cm³/mol. The van der Waals surface area contributed by atoms with Gasteiger partial charge in [-0.3, -0.25) is 0 Å². The molecule has 0 heterocycles. The summed E-state index contributed by atoms with van der Waals surface area (Å²) in [6.07, 6.45) is 1.06. The number of hydrogen-bond acceptors (Lipinski definition) is 4. The molecule has 0 amide bonds. The minimum atomic E-state index is -0.942. The molecule has 0 aliphatic carbocycles. The standard InChI is InChI=1S/C24H23NO4/c1-2-18-10-6-7-14-21(18)25-22(23(26)27)16-17-9-8-13-20(15-17)29-24(28)19-11-4-3-5-12-19/h3-15,22,25H,2,16H2,1H3,(H,26,27). The molecule has 0 saturated carbocycles. The average Bonchev–Trinajstić information content (AvgIpc) is 2.74. The molecule has 0 saturated heterocycles. The molecule has 3 rings (SSSR count). The van der Waals surface area contributed by atoms with Gasteiger partial charge in [0.1, 0.15) is 11.8 Å². The zero-order valence-corrected chi connectivity index (χ0v) is 16.2. The van der Waals surface area contributed by atoms with Crippen molar-refractivity contribution >= 4 is 17.6 Å². The summed E-state index contributed by atoms with van der Waals surface area (Å²) in [5.41, 5.74) is 3.09. The molecule has 5 nitrogen and oxygen atoms in total. The van der Waals surface area contributed by atoms with E-state index in [0.717, 1.165) is 23.2 Å². The zero-order chi connectivity index (χ0) is 20.6. The number of nitrogens with one attached hydrogen (secondary N) is 1. The normalized spacial score (nSPS) is 11.5. The lowest BCUT2D eigenvalue weighted by Gasteiger charge is -2.18. The summed E-state index contributed by atoms with van der Waals surface area (Å²) < 4.78 is 5.43. The van der Waals surface area contributed by atoms with Crippen LogP contribution in [0.4, 0.5) is 5.69 Å². The van der Waals surface area contributed by atoms with Gasteiger partial charge in [-0.05, 0) is 47.9 Å². The van der Waals surface area contributed by atoms with E-state index in [1.807, 2.05) is 43.3 Å². The number of para-hydroxylation sites is 1. The van der Waals surface area contributed by atoms with Gasteiger partial charge >= 0.3 is 11.9 Å². The molecule has 2 N–H and O–H groups in total. The highest BCUT2D eigenvalue weighted by Gasteiger charge is 2.19. The number of carboxylic acids is 1. The second-order valence-corrected chi connectivity index (χ2v) is 6.65. The van der Waals surface area contributed by atoms with E-state index in [-0.39, 0.29) is 6.42 Å². The maximum absolute atomic E-state index is 12.2. The lowest BCUT2D eigenvalue weighted by molar-refractivity contribution is -0.137. The number of aliphatic carboxylic acids is 1. The third kappa shape index (κ3) is 5.45. The van der Waals surface area contributed by atoms with Crippen molar-refractivity contribution in [1.82, 2.24) is 0 Å². The quantitative estimate of drug-likeness (QED) is 0.436. The van der Waals surface area contributed by atoms with Crippen LogP contribution in [0.5, 0.6) is 5.75 Å². The Kier molecular flexibility index (Phi) is 6.63. The lowest BCUT2D eigenvalue weighted by atomic mass is 10.0. The third-order valence-corrected chi connectivity index (χ3v) is 4.58. The fourth-order valence-corrected chi connectivity index (χ4v) is 3.07. The van der Waals surface area contributed by atoms with Gasteiger partial charge in [0.2, 0.25) is 0 Å². The zero-order valence-electron chi connectivity index (χ0n) is 16.2. The van der Waals surface area contributed by atoms with Gasteiger partial charge in [0.25, 0.3) is 0 Å². The summed E-state index contributed by atoms with van der Waals surface area (Å²) in [6, 6.07) is 22.6. The number of hydrogen-bond donors (Lipinski definition) is 2. The van der Waals surface area contributed by atoms with Gasteiger partial charge in [-0.1, -0.05) is 55.5 Å². The van der Waals surface area contributed by atoms with E-state index in [1.54, 1.807) is 42.5 Å². The summed E-state index contributed by atoms with van der Waals surface area (Å²) in [7, 11) is 0. The number of benzene rings is 3. The summed E-state index contributed by atoms with van der Waals surface area (Å²) >= 11 is 0. The van der Waals surface area contributed by atoms with Crippen LogP contribution in [-0.4, -0.2) is 23.1 Å². The van der Waals surface area contributed by atoms with Crippen LogP contribution in [0.25, 0.3) is 0 Å². The van der Waals surface area contributed by atoms with Gasteiger partial charge in [-0.2, -0.15) is 0 Å². The number of aryl methyl sites for hydroxylation is 1. The monoisotopic (exact) mass is 389 g/mol. The van der Waals surface area contributed by atoms with Gasteiger partial charge in [0.05, 0.1) is 5.56 Å². The summed E-state index contributed by atoms with van der Waals surface area (Å²) in [4.78, 5) is 24.0. The first-order valence-corrected chi connectivity index (χ1v) is 9.50. The molecule has 3 aromatic rings. The lowest BCUT2D eigenvalue weighted by Crippen LogP contribution is -2.31. The van der Waals surface area contributed by atoms with Crippen molar-refractivity contribution in [1.29, 1.82) is 0 Å². The Bertz CT molecular complexity index is 985. The Labute approximate surface area is 170 Å². The van der Waals surface area contributed by atoms with E-state index in [0.29, 0.717) is 11.3 Å². The van der Waals surface area contributed by atoms with Crippen molar-refractivity contribution in [2.75, 3.05) is 5.32 Å². The second kappa shape index (κ2) is 9.55. The Morgan fingerprint density at radius 1 is 0.966 bits per heavy atom. The van der Waals surface area contributed by atoms with E-state index in [1.165, 1.54) is 0 Å². The summed E-state index contributed by atoms with van der Waals surface area (Å²) in [6.45, 7) is 2.03. The minimum Gasteiger partial charge on any atom is -0.480 e. The number of ether oxygens (including phenoxy) is 1. The minimum absolute atomic E-state index is 0.254. The molecule has 0 bridgehead atoms. The second-order valence-electron chi connectivity index (χ2n) is 6.65. The first-order valence-electron chi connectivity index (χ1n) is 9.50. The molecule has 0 aliphatic rings.